The molecule has 1 saturated carbocycles. The predicted molar refractivity (Wildman–Crippen MR) is 107 cm³/mol. The summed E-state index contributed by atoms with van der Waals surface area (Å²) in [5, 5.41) is 21.5. The highest BCUT2D eigenvalue weighted by Crippen LogP contribution is 2.48. The molecule has 1 aliphatic carbocycles. The van der Waals surface area contributed by atoms with E-state index in [1.807, 2.05) is 30.3 Å². The molecule has 4 rings (SSSR count). The van der Waals surface area contributed by atoms with Gasteiger partial charge in [0.25, 0.3) is 0 Å². The van der Waals surface area contributed by atoms with Crippen molar-refractivity contribution < 1.29 is 24.5 Å². The number of halogens is 1. The first-order chi connectivity index (χ1) is 14.0. The minimum absolute atomic E-state index is 0.0205. The van der Waals surface area contributed by atoms with E-state index < -0.39 is 29.7 Å². The van der Waals surface area contributed by atoms with Crippen LogP contribution in [0.25, 0.3) is 0 Å². The van der Waals surface area contributed by atoms with Gasteiger partial charge >= 0.3 is 5.97 Å². The number of carbonyl (C=O) groups excluding carboxylic acids is 2. The van der Waals surface area contributed by atoms with Crippen LogP contribution in [0.3, 0.4) is 0 Å². The molecular formula is C23H21ClO5. The molecule has 3 atom stereocenters. The van der Waals surface area contributed by atoms with Crippen LogP contribution in [0.1, 0.15) is 42.4 Å². The molecular weight excluding hydrogens is 392 g/mol. The maximum atomic E-state index is 12.8. The van der Waals surface area contributed by atoms with E-state index in [4.69, 9.17) is 16.3 Å². The molecule has 29 heavy (non-hydrogen) atoms. The van der Waals surface area contributed by atoms with E-state index >= 15 is 0 Å². The molecule has 1 aliphatic heterocycles. The number of benzene rings is 2. The van der Waals surface area contributed by atoms with Crippen molar-refractivity contribution in [2.24, 2.45) is 5.92 Å². The summed E-state index contributed by atoms with van der Waals surface area (Å²) >= 11 is 6.09. The number of rotatable bonds is 6. The van der Waals surface area contributed by atoms with E-state index in [9.17, 15) is 19.8 Å². The highest BCUT2D eigenvalue weighted by molar-refractivity contribution is 6.31. The van der Waals surface area contributed by atoms with Crippen LogP contribution in [0.4, 0.5) is 0 Å². The second-order valence-electron chi connectivity index (χ2n) is 7.52. The molecule has 2 aromatic carbocycles. The van der Waals surface area contributed by atoms with E-state index in [2.05, 4.69) is 0 Å². The Morgan fingerprint density at radius 1 is 1.03 bits per heavy atom. The van der Waals surface area contributed by atoms with Crippen LogP contribution in [-0.2, 0) is 14.3 Å². The zero-order valence-electron chi connectivity index (χ0n) is 15.6. The lowest BCUT2D eigenvalue weighted by atomic mass is 9.83. The maximum Gasteiger partial charge on any atom is 0.339 e. The van der Waals surface area contributed by atoms with Crippen molar-refractivity contribution in [1.29, 1.82) is 0 Å². The summed E-state index contributed by atoms with van der Waals surface area (Å²) in [4.78, 5) is 25.6. The maximum absolute atomic E-state index is 12.8. The SMILES string of the molecule is O=C1OC(CC(O)c2ccccc2Cl)C(=O)C(O)=C1C(c1ccccc1)C1CC1. The van der Waals surface area contributed by atoms with Gasteiger partial charge in [0.05, 0.1) is 11.7 Å². The summed E-state index contributed by atoms with van der Waals surface area (Å²) in [5.41, 5.74) is 1.33. The van der Waals surface area contributed by atoms with Gasteiger partial charge in [-0.2, -0.15) is 0 Å². The fourth-order valence-corrected chi connectivity index (χ4v) is 4.16. The monoisotopic (exact) mass is 412 g/mol. The first-order valence-corrected chi connectivity index (χ1v) is 10.0. The zero-order chi connectivity index (χ0) is 20.5. The summed E-state index contributed by atoms with van der Waals surface area (Å²) in [7, 11) is 0. The van der Waals surface area contributed by atoms with Gasteiger partial charge in [-0.3, -0.25) is 4.79 Å². The Bertz CT molecular complexity index is 964. The van der Waals surface area contributed by atoms with Crippen molar-refractivity contribution in [1.82, 2.24) is 0 Å². The molecule has 2 aromatic rings. The third-order valence-corrected chi connectivity index (χ3v) is 5.86. The predicted octanol–water partition coefficient (Wildman–Crippen LogP) is 4.26. The number of esters is 1. The molecule has 1 fully saturated rings. The van der Waals surface area contributed by atoms with Gasteiger partial charge in [-0.15, -0.1) is 0 Å². The molecule has 2 aliphatic rings. The average Bonchev–Trinajstić information content (AvgIpc) is 3.55. The highest BCUT2D eigenvalue weighted by atomic mass is 35.5. The summed E-state index contributed by atoms with van der Waals surface area (Å²) in [6.07, 6.45) is -0.689. The molecule has 0 saturated heterocycles. The summed E-state index contributed by atoms with van der Waals surface area (Å²) in [5.74, 6) is -2.13. The van der Waals surface area contributed by atoms with Crippen LogP contribution in [0.2, 0.25) is 5.02 Å². The second-order valence-corrected chi connectivity index (χ2v) is 7.93. The quantitative estimate of drug-likeness (QED) is 0.692. The largest absolute Gasteiger partial charge is 0.504 e. The molecule has 0 radical (unpaired) electrons. The van der Waals surface area contributed by atoms with Crippen LogP contribution in [-0.4, -0.2) is 28.1 Å². The van der Waals surface area contributed by atoms with E-state index in [1.165, 1.54) is 0 Å². The van der Waals surface area contributed by atoms with E-state index in [-0.39, 0.29) is 23.8 Å². The Morgan fingerprint density at radius 2 is 1.69 bits per heavy atom. The second kappa shape index (κ2) is 8.01. The van der Waals surface area contributed by atoms with Crippen molar-refractivity contribution in [2.75, 3.05) is 0 Å². The van der Waals surface area contributed by atoms with Gasteiger partial charge in [0, 0.05) is 17.4 Å². The molecule has 1 heterocycles. The lowest BCUT2D eigenvalue weighted by Gasteiger charge is -2.29. The van der Waals surface area contributed by atoms with E-state index in [0.29, 0.717) is 10.6 Å². The summed E-state index contributed by atoms with van der Waals surface area (Å²) in [6.45, 7) is 0. The Balaban J connectivity index is 1.61. The lowest BCUT2D eigenvalue weighted by molar-refractivity contribution is -0.156. The first-order valence-electron chi connectivity index (χ1n) is 9.63. The Labute approximate surface area is 173 Å². The van der Waals surface area contributed by atoms with Gasteiger partial charge in [0.2, 0.25) is 5.78 Å². The molecule has 150 valence electrons. The topological polar surface area (TPSA) is 83.8 Å². The van der Waals surface area contributed by atoms with Crippen molar-refractivity contribution in [3.8, 4) is 0 Å². The number of Topliss-reactive ketones (excluding diaryl/α,β-unsaturated/α-hetero) is 1. The van der Waals surface area contributed by atoms with Crippen molar-refractivity contribution in [2.45, 2.75) is 37.4 Å². The van der Waals surface area contributed by atoms with Crippen molar-refractivity contribution in [3.63, 3.8) is 0 Å². The molecule has 0 amide bonds. The fraction of sp³-hybridized carbons (Fsp3) is 0.304. The Kier molecular flexibility index (Phi) is 5.43. The van der Waals surface area contributed by atoms with Gasteiger partial charge in [0.15, 0.2) is 11.9 Å². The number of cyclic esters (lactones) is 1. The number of hydrogen-bond donors (Lipinski definition) is 2. The zero-order valence-corrected chi connectivity index (χ0v) is 16.4. The summed E-state index contributed by atoms with van der Waals surface area (Å²) < 4.78 is 5.38. The summed E-state index contributed by atoms with van der Waals surface area (Å²) in [6, 6.07) is 16.1. The number of hydrogen-bond acceptors (Lipinski definition) is 5. The molecule has 0 bridgehead atoms. The van der Waals surface area contributed by atoms with Crippen molar-refractivity contribution >= 4 is 23.4 Å². The van der Waals surface area contributed by atoms with Crippen LogP contribution in [0.15, 0.2) is 65.9 Å². The van der Waals surface area contributed by atoms with Gasteiger partial charge in [0.1, 0.15) is 0 Å². The Hall–Kier alpha value is -2.63. The number of ketones is 1. The number of ether oxygens (including phenoxy) is 1. The molecule has 2 N–H and O–H groups in total. The van der Waals surface area contributed by atoms with Gasteiger partial charge in [-0.25, -0.2) is 4.79 Å². The standard InChI is InChI=1S/C23H21ClO5/c24-16-9-5-4-8-15(16)17(25)12-18-21(26)22(27)20(23(28)29-18)19(14-10-11-14)13-6-2-1-3-7-13/h1-9,14,17-19,25,27H,10-12H2. The fourth-order valence-electron chi connectivity index (χ4n) is 3.90. The van der Waals surface area contributed by atoms with Gasteiger partial charge in [-0.1, -0.05) is 60.1 Å². The first kappa shape index (κ1) is 19.7. The number of aliphatic hydroxyl groups excluding tert-OH is 2. The molecule has 3 unspecified atom stereocenters. The highest BCUT2D eigenvalue weighted by Gasteiger charge is 2.45. The molecule has 0 aromatic heterocycles. The minimum atomic E-state index is -1.26. The number of aliphatic hydroxyl groups is 2. The third-order valence-electron chi connectivity index (χ3n) is 5.51. The van der Waals surface area contributed by atoms with E-state index in [1.54, 1.807) is 24.3 Å². The average molecular weight is 413 g/mol. The van der Waals surface area contributed by atoms with Crippen LogP contribution < -0.4 is 0 Å². The minimum Gasteiger partial charge on any atom is -0.504 e. The Morgan fingerprint density at radius 3 is 2.34 bits per heavy atom. The lowest BCUT2D eigenvalue weighted by Crippen LogP contribution is -2.38. The third kappa shape index (κ3) is 3.93. The number of carbonyl (C=O) groups is 2. The van der Waals surface area contributed by atoms with Crippen LogP contribution in [0.5, 0.6) is 0 Å². The molecule has 0 spiro atoms. The van der Waals surface area contributed by atoms with Crippen LogP contribution >= 0.6 is 11.6 Å². The smallest absolute Gasteiger partial charge is 0.339 e. The van der Waals surface area contributed by atoms with Gasteiger partial charge in [-0.05, 0) is 36.0 Å². The van der Waals surface area contributed by atoms with Crippen molar-refractivity contribution in [3.05, 3.63) is 82.1 Å². The van der Waals surface area contributed by atoms with Gasteiger partial charge < -0.3 is 14.9 Å². The normalized spacial score (nSPS) is 21.7. The molecule has 6 heteroatoms. The molecule has 5 nitrogen and oxygen atoms in total. The van der Waals surface area contributed by atoms with E-state index in [0.717, 1.165) is 18.4 Å². The van der Waals surface area contributed by atoms with Crippen LogP contribution in [0, 0.1) is 5.92 Å².